The van der Waals surface area contributed by atoms with Gasteiger partial charge in [-0.2, -0.15) is 0 Å². The second-order valence-corrected chi connectivity index (χ2v) is 8.20. The van der Waals surface area contributed by atoms with Crippen LogP contribution in [0.4, 0.5) is 11.4 Å². The first kappa shape index (κ1) is 17.5. The fourth-order valence-electron chi connectivity index (χ4n) is 3.45. The molecule has 1 aliphatic rings. The fourth-order valence-corrected chi connectivity index (χ4v) is 4.71. The lowest BCUT2D eigenvalue weighted by atomic mass is 10.1. The van der Waals surface area contributed by atoms with Crippen molar-refractivity contribution in [1.82, 2.24) is 0 Å². The highest BCUT2D eigenvalue weighted by Crippen LogP contribution is 2.35. The van der Waals surface area contributed by atoms with Crippen LogP contribution in [-0.2, 0) is 16.4 Å². The predicted octanol–water partition coefficient (Wildman–Crippen LogP) is 3.06. The van der Waals surface area contributed by atoms with E-state index >= 15 is 0 Å². The number of hydrogen-bond donors (Lipinski definition) is 0. The third kappa shape index (κ3) is 3.26. The average molecular weight is 358 g/mol. The van der Waals surface area contributed by atoms with Gasteiger partial charge in [0.1, 0.15) is 0 Å². The summed E-state index contributed by atoms with van der Waals surface area (Å²) in [5.74, 6) is -0.0815. The first-order chi connectivity index (χ1) is 11.8. The minimum absolute atomic E-state index is 0.0815. The number of anilines is 2. The molecule has 0 aliphatic carbocycles. The van der Waals surface area contributed by atoms with Crippen molar-refractivity contribution < 1.29 is 13.2 Å². The van der Waals surface area contributed by atoms with E-state index in [1.54, 1.807) is 17.0 Å². The topological polar surface area (TPSA) is 57.7 Å². The second-order valence-electron chi connectivity index (χ2n) is 6.34. The molecule has 0 aromatic heterocycles. The molecule has 0 saturated heterocycles. The van der Waals surface area contributed by atoms with Crippen molar-refractivity contribution in [2.24, 2.45) is 0 Å². The highest BCUT2D eigenvalue weighted by atomic mass is 32.2. The summed E-state index contributed by atoms with van der Waals surface area (Å²) in [5.41, 5.74) is 3.00. The summed E-state index contributed by atoms with van der Waals surface area (Å²) >= 11 is 0. The number of para-hydroxylation sites is 1. The highest BCUT2D eigenvalue weighted by Gasteiger charge is 2.33. The van der Waals surface area contributed by atoms with Crippen LogP contribution in [0.2, 0.25) is 0 Å². The zero-order valence-corrected chi connectivity index (χ0v) is 15.5. The van der Waals surface area contributed by atoms with Gasteiger partial charge in [0, 0.05) is 23.8 Å². The van der Waals surface area contributed by atoms with Crippen LogP contribution >= 0.6 is 0 Å². The lowest BCUT2D eigenvalue weighted by Gasteiger charge is -2.23. The molecule has 0 bridgehead atoms. The second kappa shape index (κ2) is 6.52. The number of amides is 1. The number of carbonyl (C=O) groups excluding carboxylic acids is 1. The van der Waals surface area contributed by atoms with E-state index in [0.717, 1.165) is 11.3 Å². The van der Waals surface area contributed by atoms with E-state index < -0.39 is 10.0 Å². The van der Waals surface area contributed by atoms with Crippen LogP contribution < -0.4 is 9.21 Å². The van der Waals surface area contributed by atoms with E-state index in [9.17, 15) is 13.2 Å². The zero-order chi connectivity index (χ0) is 18.2. The van der Waals surface area contributed by atoms with Crippen LogP contribution in [0, 0.1) is 0 Å². The smallest absolute Gasteiger partial charge is 0.258 e. The van der Waals surface area contributed by atoms with Gasteiger partial charge in [-0.25, -0.2) is 8.42 Å². The van der Waals surface area contributed by atoms with Crippen molar-refractivity contribution in [3.8, 4) is 0 Å². The van der Waals surface area contributed by atoms with Gasteiger partial charge in [-0.15, -0.1) is 0 Å². The summed E-state index contributed by atoms with van der Waals surface area (Å²) in [7, 11) is -3.32. The molecular formula is C19H22N2O3S. The number of hydrogen-bond acceptors (Lipinski definition) is 3. The predicted molar refractivity (Wildman–Crippen MR) is 101 cm³/mol. The summed E-state index contributed by atoms with van der Waals surface area (Å²) in [6.07, 6.45) is 1.83. The quantitative estimate of drug-likeness (QED) is 0.844. The van der Waals surface area contributed by atoms with Crippen molar-refractivity contribution in [2.45, 2.75) is 26.3 Å². The van der Waals surface area contributed by atoms with Gasteiger partial charge in [0.05, 0.1) is 11.9 Å². The Balaban J connectivity index is 1.95. The fraction of sp³-hybridized carbons (Fsp3) is 0.316. The van der Waals surface area contributed by atoms with Crippen LogP contribution in [0.25, 0.3) is 0 Å². The maximum Gasteiger partial charge on any atom is 0.258 e. The van der Waals surface area contributed by atoms with Crippen LogP contribution in [0.3, 0.4) is 0 Å². The Morgan fingerprint density at radius 2 is 1.88 bits per heavy atom. The Labute approximate surface area is 148 Å². The van der Waals surface area contributed by atoms with E-state index in [1.807, 2.05) is 50.2 Å². The Kier molecular flexibility index (Phi) is 4.56. The van der Waals surface area contributed by atoms with E-state index in [4.69, 9.17) is 0 Å². The molecule has 0 N–H and O–H groups in total. The van der Waals surface area contributed by atoms with Crippen LogP contribution in [0.1, 0.15) is 29.8 Å². The van der Waals surface area contributed by atoms with Gasteiger partial charge in [-0.05, 0) is 56.2 Å². The number of fused-ring (bicyclic) bond motifs is 1. The third-order valence-electron chi connectivity index (χ3n) is 4.47. The Morgan fingerprint density at radius 3 is 2.48 bits per heavy atom. The Morgan fingerprint density at radius 1 is 1.20 bits per heavy atom. The molecule has 132 valence electrons. The normalized spacial score (nSPS) is 16.6. The molecule has 1 atom stereocenters. The van der Waals surface area contributed by atoms with Crippen LogP contribution in [0.5, 0.6) is 0 Å². The van der Waals surface area contributed by atoms with Crippen LogP contribution in [0.15, 0.2) is 48.5 Å². The van der Waals surface area contributed by atoms with E-state index in [1.165, 1.54) is 10.6 Å². The van der Waals surface area contributed by atoms with Crippen molar-refractivity contribution in [1.29, 1.82) is 0 Å². The molecule has 0 fully saturated rings. The average Bonchev–Trinajstić information content (AvgIpc) is 2.91. The molecule has 25 heavy (non-hydrogen) atoms. The molecule has 2 aromatic rings. The molecule has 2 aromatic carbocycles. The molecule has 0 spiro atoms. The van der Waals surface area contributed by atoms with Gasteiger partial charge in [0.15, 0.2) is 0 Å². The van der Waals surface area contributed by atoms with Gasteiger partial charge in [-0.3, -0.25) is 9.10 Å². The SMILES string of the molecule is CCN(C(=O)c1ccc2c(c1)C[C@H](C)N2S(C)(=O)=O)c1ccccc1. The first-order valence-electron chi connectivity index (χ1n) is 8.32. The molecular weight excluding hydrogens is 336 g/mol. The summed E-state index contributed by atoms with van der Waals surface area (Å²) in [5, 5.41) is 0. The zero-order valence-electron chi connectivity index (χ0n) is 14.6. The molecule has 1 amide bonds. The van der Waals surface area contributed by atoms with Gasteiger partial charge >= 0.3 is 0 Å². The number of benzene rings is 2. The lowest BCUT2D eigenvalue weighted by Crippen LogP contribution is -2.34. The Hall–Kier alpha value is -2.34. The van der Waals surface area contributed by atoms with Crippen LogP contribution in [-0.4, -0.2) is 33.2 Å². The number of carbonyl (C=O) groups is 1. The number of sulfonamides is 1. The molecule has 0 radical (unpaired) electrons. The first-order valence-corrected chi connectivity index (χ1v) is 10.2. The maximum absolute atomic E-state index is 12.9. The minimum Gasteiger partial charge on any atom is -0.309 e. The van der Waals surface area contributed by atoms with E-state index in [-0.39, 0.29) is 11.9 Å². The summed E-state index contributed by atoms with van der Waals surface area (Å²) in [6.45, 7) is 4.38. The summed E-state index contributed by atoms with van der Waals surface area (Å²) in [6, 6.07) is 14.7. The number of rotatable bonds is 4. The number of nitrogens with zero attached hydrogens (tertiary/aromatic N) is 2. The molecule has 5 nitrogen and oxygen atoms in total. The van der Waals surface area contributed by atoms with Crippen molar-refractivity contribution >= 4 is 27.3 Å². The molecule has 0 unspecified atom stereocenters. The maximum atomic E-state index is 12.9. The highest BCUT2D eigenvalue weighted by molar-refractivity contribution is 7.92. The monoisotopic (exact) mass is 358 g/mol. The molecule has 0 saturated carbocycles. The molecule has 6 heteroatoms. The lowest BCUT2D eigenvalue weighted by molar-refractivity contribution is 0.0988. The molecule has 3 rings (SSSR count). The third-order valence-corrected chi connectivity index (χ3v) is 5.74. The van der Waals surface area contributed by atoms with Crippen molar-refractivity contribution in [3.63, 3.8) is 0 Å². The van der Waals surface area contributed by atoms with E-state index in [2.05, 4.69) is 0 Å². The Bertz CT molecular complexity index is 894. The van der Waals surface area contributed by atoms with E-state index in [0.29, 0.717) is 24.2 Å². The largest absolute Gasteiger partial charge is 0.309 e. The summed E-state index contributed by atoms with van der Waals surface area (Å²) < 4.78 is 25.5. The molecule has 1 heterocycles. The van der Waals surface area contributed by atoms with Crippen molar-refractivity contribution in [3.05, 3.63) is 59.7 Å². The van der Waals surface area contributed by atoms with Gasteiger partial charge in [0.25, 0.3) is 5.91 Å². The summed E-state index contributed by atoms with van der Waals surface area (Å²) in [4.78, 5) is 14.6. The van der Waals surface area contributed by atoms with Gasteiger partial charge in [0.2, 0.25) is 10.0 Å². The standard InChI is InChI=1S/C19H22N2O3S/c1-4-20(17-8-6-5-7-9-17)19(22)15-10-11-18-16(13-15)12-14(2)21(18)25(3,23)24/h5-11,13-14H,4,12H2,1-3H3/t14-/m0/s1. The minimum atomic E-state index is -3.32. The van der Waals surface area contributed by atoms with Crippen molar-refractivity contribution in [2.75, 3.05) is 22.0 Å². The molecule has 1 aliphatic heterocycles. The van der Waals surface area contributed by atoms with Gasteiger partial charge < -0.3 is 4.90 Å². The van der Waals surface area contributed by atoms with Gasteiger partial charge in [-0.1, -0.05) is 18.2 Å².